The zero-order valence-electron chi connectivity index (χ0n) is 8.09. The van der Waals surface area contributed by atoms with E-state index in [1.165, 1.54) is 24.0 Å². The number of benzene rings is 1. The van der Waals surface area contributed by atoms with E-state index in [4.69, 9.17) is 0 Å². The highest BCUT2D eigenvalue weighted by atomic mass is 32.1. The van der Waals surface area contributed by atoms with Crippen LogP contribution in [-0.2, 0) is 13.0 Å². The lowest BCUT2D eigenvalue weighted by molar-refractivity contribution is 0.797. The van der Waals surface area contributed by atoms with E-state index in [1.807, 2.05) is 0 Å². The van der Waals surface area contributed by atoms with Gasteiger partial charge in [0, 0.05) is 12.4 Å². The van der Waals surface area contributed by atoms with Gasteiger partial charge in [-0.05, 0) is 17.5 Å². The van der Waals surface area contributed by atoms with Crippen molar-refractivity contribution in [3.05, 3.63) is 35.4 Å². The normalized spacial score (nSPS) is 10.3. The van der Waals surface area contributed by atoms with Crippen molar-refractivity contribution < 1.29 is 0 Å². The summed E-state index contributed by atoms with van der Waals surface area (Å²) in [5.41, 5.74) is 2.76. The Balaban J connectivity index is 2.48. The summed E-state index contributed by atoms with van der Waals surface area (Å²) in [6.07, 6.45) is 2.40. The summed E-state index contributed by atoms with van der Waals surface area (Å²) in [6, 6.07) is 8.78. The van der Waals surface area contributed by atoms with E-state index in [9.17, 15) is 0 Å². The van der Waals surface area contributed by atoms with Gasteiger partial charge >= 0.3 is 0 Å². The van der Waals surface area contributed by atoms with Crippen LogP contribution in [0.5, 0.6) is 0 Å². The lowest BCUT2D eigenvalue weighted by Gasteiger charge is -2.03. The van der Waals surface area contributed by atoms with Crippen molar-refractivity contribution in [3.63, 3.8) is 0 Å². The van der Waals surface area contributed by atoms with Gasteiger partial charge in [0.1, 0.15) is 0 Å². The zero-order valence-corrected chi connectivity index (χ0v) is 8.98. The van der Waals surface area contributed by atoms with E-state index < -0.39 is 0 Å². The maximum Gasteiger partial charge on any atom is 0.0390 e. The molecule has 1 rings (SSSR count). The second-order valence-corrected chi connectivity index (χ2v) is 3.47. The van der Waals surface area contributed by atoms with Crippen LogP contribution in [0.4, 0.5) is 0 Å². The predicted molar refractivity (Wildman–Crippen MR) is 61.1 cm³/mol. The fourth-order valence-electron chi connectivity index (χ4n) is 1.31. The molecule has 0 unspecified atom stereocenters. The van der Waals surface area contributed by atoms with E-state index in [1.54, 1.807) is 0 Å². The number of hydrogen-bond donors (Lipinski definition) is 2. The third-order valence-electron chi connectivity index (χ3n) is 2.00. The highest BCUT2D eigenvalue weighted by Crippen LogP contribution is 2.06. The van der Waals surface area contributed by atoms with Gasteiger partial charge in [0.05, 0.1) is 0 Å². The first-order chi connectivity index (χ1) is 6.36. The van der Waals surface area contributed by atoms with Crippen molar-refractivity contribution in [1.29, 1.82) is 0 Å². The van der Waals surface area contributed by atoms with Gasteiger partial charge in [-0.25, -0.2) is 0 Å². The average Bonchev–Trinajstić information content (AvgIpc) is 2.17. The summed E-state index contributed by atoms with van der Waals surface area (Å²) in [5, 5.41) is 3.18. The van der Waals surface area contributed by atoms with Crippen LogP contribution in [0.3, 0.4) is 0 Å². The lowest BCUT2D eigenvalue weighted by atomic mass is 10.1. The lowest BCUT2D eigenvalue weighted by Crippen LogP contribution is -2.09. The minimum absolute atomic E-state index is 0.733. The topological polar surface area (TPSA) is 12.0 Å². The first-order valence-corrected chi connectivity index (χ1v) is 5.39. The van der Waals surface area contributed by atoms with Gasteiger partial charge in [-0.1, -0.05) is 37.6 Å². The highest BCUT2D eigenvalue weighted by Gasteiger charge is 1.92. The van der Waals surface area contributed by atoms with Gasteiger partial charge in [0.15, 0.2) is 0 Å². The molecule has 0 aliphatic rings. The van der Waals surface area contributed by atoms with Crippen LogP contribution in [0.15, 0.2) is 24.3 Å². The predicted octanol–water partition coefficient (Wildman–Crippen LogP) is 2.62. The summed E-state index contributed by atoms with van der Waals surface area (Å²) in [6.45, 7) is 3.12. The Hall–Kier alpha value is -0.470. The standard InChI is InChI=1S/C11H17NS/c1-2-3-10-4-6-11(7-5-10)8-12-9-13/h4-7,12-13H,2-3,8-9H2,1H3. The molecule has 1 aromatic carbocycles. The smallest absolute Gasteiger partial charge is 0.0390 e. The molecule has 13 heavy (non-hydrogen) atoms. The molecule has 0 aliphatic heterocycles. The number of aryl methyl sites for hydroxylation is 1. The summed E-state index contributed by atoms with van der Waals surface area (Å²) in [4.78, 5) is 0. The van der Waals surface area contributed by atoms with Crippen LogP contribution in [0.1, 0.15) is 24.5 Å². The number of thiol groups is 1. The third kappa shape index (κ3) is 3.83. The number of hydrogen-bond acceptors (Lipinski definition) is 2. The second-order valence-electron chi connectivity index (χ2n) is 3.15. The largest absolute Gasteiger partial charge is 0.304 e. The Morgan fingerprint density at radius 1 is 1.15 bits per heavy atom. The molecule has 2 heteroatoms. The molecular weight excluding hydrogens is 178 g/mol. The molecule has 1 nitrogen and oxygen atoms in total. The molecule has 0 saturated heterocycles. The minimum atomic E-state index is 0.733. The molecule has 0 fully saturated rings. The van der Waals surface area contributed by atoms with Gasteiger partial charge in [-0.3, -0.25) is 0 Å². The van der Waals surface area contributed by atoms with Gasteiger partial charge < -0.3 is 5.32 Å². The molecule has 0 heterocycles. The maximum atomic E-state index is 4.09. The Bertz CT molecular complexity index is 230. The maximum absolute atomic E-state index is 4.09. The highest BCUT2D eigenvalue weighted by molar-refractivity contribution is 7.80. The molecule has 0 atom stereocenters. The van der Waals surface area contributed by atoms with Crippen molar-refractivity contribution >= 4 is 12.6 Å². The molecule has 0 amide bonds. The van der Waals surface area contributed by atoms with Gasteiger partial charge in [0.25, 0.3) is 0 Å². The van der Waals surface area contributed by atoms with Gasteiger partial charge in [0.2, 0.25) is 0 Å². The third-order valence-corrected chi connectivity index (χ3v) is 2.23. The SMILES string of the molecule is CCCc1ccc(CNCS)cc1. The molecule has 0 radical (unpaired) electrons. The summed E-state index contributed by atoms with van der Waals surface area (Å²) in [5.74, 6) is 0.733. The molecule has 0 spiro atoms. The van der Waals surface area contributed by atoms with Crippen LogP contribution < -0.4 is 5.32 Å². The first-order valence-electron chi connectivity index (χ1n) is 4.76. The summed E-state index contributed by atoms with van der Waals surface area (Å²) < 4.78 is 0. The van der Waals surface area contributed by atoms with E-state index >= 15 is 0 Å². The van der Waals surface area contributed by atoms with Crippen molar-refractivity contribution in [2.75, 3.05) is 5.88 Å². The van der Waals surface area contributed by atoms with Crippen LogP contribution in [-0.4, -0.2) is 5.88 Å². The Kier molecular flexibility index (Phi) is 4.94. The Morgan fingerprint density at radius 2 is 1.77 bits per heavy atom. The minimum Gasteiger partial charge on any atom is -0.304 e. The molecule has 0 aromatic heterocycles. The molecular formula is C11H17NS. The summed E-state index contributed by atoms with van der Waals surface area (Å²) >= 11 is 4.09. The van der Waals surface area contributed by atoms with E-state index in [0.29, 0.717) is 0 Å². The fraction of sp³-hybridized carbons (Fsp3) is 0.455. The van der Waals surface area contributed by atoms with Crippen molar-refractivity contribution in [1.82, 2.24) is 5.32 Å². The van der Waals surface area contributed by atoms with E-state index in [2.05, 4.69) is 49.1 Å². The van der Waals surface area contributed by atoms with Crippen molar-refractivity contribution in [2.45, 2.75) is 26.3 Å². The Morgan fingerprint density at radius 3 is 2.31 bits per heavy atom. The van der Waals surface area contributed by atoms with E-state index in [-0.39, 0.29) is 0 Å². The average molecular weight is 195 g/mol. The second kappa shape index (κ2) is 6.06. The van der Waals surface area contributed by atoms with Crippen LogP contribution in [0.25, 0.3) is 0 Å². The molecule has 0 bridgehead atoms. The number of rotatable bonds is 5. The summed E-state index contributed by atoms with van der Waals surface area (Å²) in [7, 11) is 0. The Labute approximate surface area is 86.0 Å². The molecule has 1 N–H and O–H groups in total. The molecule has 0 saturated carbocycles. The monoisotopic (exact) mass is 195 g/mol. The van der Waals surface area contributed by atoms with E-state index in [0.717, 1.165) is 12.4 Å². The van der Waals surface area contributed by atoms with Crippen LogP contribution >= 0.6 is 12.6 Å². The number of nitrogens with one attached hydrogen (secondary N) is 1. The molecule has 0 aliphatic carbocycles. The van der Waals surface area contributed by atoms with Gasteiger partial charge in [-0.2, -0.15) is 12.6 Å². The molecule has 72 valence electrons. The fourth-order valence-corrected chi connectivity index (χ4v) is 1.42. The van der Waals surface area contributed by atoms with Crippen molar-refractivity contribution in [2.24, 2.45) is 0 Å². The quantitative estimate of drug-likeness (QED) is 0.543. The zero-order chi connectivity index (χ0) is 9.52. The van der Waals surface area contributed by atoms with Crippen LogP contribution in [0, 0.1) is 0 Å². The van der Waals surface area contributed by atoms with Crippen molar-refractivity contribution in [3.8, 4) is 0 Å². The molecule has 1 aromatic rings. The van der Waals surface area contributed by atoms with Gasteiger partial charge in [-0.15, -0.1) is 0 Å². The first kappa shape index (κ1) is 10.6. The van der Waals surface area contributed by atoms with Crippen LogP contribution in [0.2, 0.25) is 0 Å².